The van der Waals surface area contributed by atoms with Crippen LogP contribution in [0.5, 0.6) is 0 Å². The van der Waals surface area contributed by atoms with Crippen LogP contribution in [0.3, 0.4) is 0 Å². The molecule has 0 aliphatic heterocycles. The van der Waals surface area contributed by atoms with E-state index in [-0.39, 0.29) is 18.1 Å². The lowest BCUT2D eigenvalue weighted by atomic mass is 10.1. The van der Waals surface area contributed by atoms with E-state index < -0.39 is 4.92 Å². The van der Waals surface area contributed by atoms with Crippen LogP contribution in [0.4, 0.5) is 11.4 Å². The lowest BCUT2D eigenvalue weighted by Gasteiger charge is -2.08. The zero-order valence-electron chi connectivity index (χ0n) is 15.6. The van der Waals surface area contributed by atoms with Crippen LogP contribution in [-0.2, 0) is 6.54 Å². The quantitative estimate of drug-likeness (QED) is 0.218. The number of hydrogen-bond acceptors (Lipinski definition) is 5. The van der Waals surface area contributed by atoms with Crippen molar-refractivity contribution in [3.63, 3.8) is 0 Å². The zero-order valence-corrected chi connectivity index (χ0v) is 18.7. The van der Waals surface area contributed by atoms with Gasteiger partial charge in [0.05, 0.1) is 22.2 Å². The Labute approximate surface area is 188 Å². The number of furan rings is 1. The van der Waals surface area contributed by atoms with Gasteiger partial charge in [-0.05, 0) is 42.8 Å². The smallest absolute Gasteiger partial charge is 0.271 e. The van der Waals surface area contributed by atoms with E-state index in [1.807, 2.05) is 31.2 Å². The Hall–Kier alpha value is -2.06. The minimum atomic E-state index is -0.468. The zero-order chi connectivity index (χ0) is 20.1. The van der Waals surface area contributed by atoms with Crippen molar-refractivity contribution in [2.75, 3.05) is 18.4 Å². The summed E-state index contributed by atoms with van der Waals surface area (Å²) in [6.07, 6.45) is 0. The molecule has 0 amide bonds. The van der Waals surface area contributed by atoms with Gasteiger partial charge in [-0.25, -0.2) is 0 Å². The molecule has 0 saturated carbocycles. The predicted octanol–water partition coefficient (Wildman–Crippen LogP) is 6.20. The second-order valence-corrected chi connectivity index (χ2v) is 7.52. The van der Waals surface area contributed by atoms with E-state index in [1.54, 1.807) is 6.07 Å². The Bertz CT molecular complexity index is 995. The van der Waals surface area contributed by atoms with Crippen molar-refractivity contribution in [1.29, 1.82) is 0 Å². The number of aryl methyl sites for hydroxylation is 1. The lowest BCUT2D eigenvalue weighted by Crippen LogP contribution is -2.21. The summed E-state index contributed by atoms with van der Waals surface area (Å²) in [7, 11) is 0. The molecule has 0 saturated heterocycles. The maximum absolute atomic E-state index is 10.7. The molecule has 1 aromatic heterocycles. The average Bonchev–Trinajstić information content (AvgIpc) is 3.13. The van der Waals surface area contributed by atoms with E-state index in [1.165, 1.54) is 12.1 Å². The fourth-order valence-electron chi connectivity index (χ4n) is 2.68. The number of benzene rings is 2. The highest BCUT2D eigenvalue weighted by Gasteiger charge is 2.09. The fraction of sp³-hybridized carbons (Fsp3) is 0.200. The van der Waals surface area contributed by atoms with Crippen LogP contribution in [-0.4, -0.2) is 18.0 Å². The SMILES string of the molecule is Cc1cc(-c2ccc(CNCCNc3ccc([N+](=O)[O-])cc3Cl)o2)ccc1Br.Cl. The molecule has 3 rings (SSSR count). The van der Waals surface area contributed by atoms with Crippen LogP contribution in [0.15, 0.2) is 57.4 Å². The third kappa shape index (κ3) is 6.21. The molecule has 0 aliphatic rings. The van der Waals surface area contributed by atoms with Gasteiger partial charge in [0.1, 0.15) is 11.5 Å². The van der Waals surface area contributed by atoms with Gasteiger partial charge in [-0.1, -0.05) is 33.6 Å². The largest absolute Gasteiger partial charge is 0.460 e. The number of anilines is 1. The van der Waals surface area contributed by atoms with Crippen LogP contribution in [0, 0.1) is 17.0 Å². The third-order valence-corrected chi connectivity index (χ3v) is 5.39. The summed E-state index contributed by atoms with van der Waals surface area (Å²) in [6, 6.07) is 14.4. The van der Waals surface area contributed by atoms with Crippen LogP contribution >= 0.6 is 39.9 Å². The molecule has 1 heterocycles. The van der Waals surface area contributed by atoms with E-state index in [0.717, 1.165) is 27.1 Å². The monoisotopic (exact) mass is 499 g/mol. The van der Waals surface area contributed by atoms with Crippen molar-refractivity contribution in [2.24, 2.45) is 0 Å². The van der Waals surface area contributed by atoms with Crippen molar-refractivity contribution in [3.8, 4) is 11.3 Å². The number of nitro benzene ring substituents is 1. The van der Waals surface area contributed by atoms with E-state index in [2.05, 4.69) is 32.6 Å². The summed E-state index contributed by atoms with van der Waals surface area (Å²) in [5.74, 6) is 1.69. The number of halogens is 3. The number of nitrogens with zero attached hydrogens (tertiary/aromatic N) is 1. The Morgan fingerprint density at radius 1 is 1.14 bits per heavy atom. The van der Waals surface area contributed by atoms with E-state index in [4.69, 9.17) is 16.0 Å². The maximum Gasteiger partial charge on any atom is 0.271 e. The van der Waals surface area contributed by atoms with Crippen molar-refractivity contribution in [1.82, 2.24) is 5.32 Å². The Kier molecular flexibility index (Phi) is 8.52. The Morgan fingerprint density at radius 2 is 1.93 bits per heavy atom. The van der Waals surface area contributed by atoms with Crippen LogP contribution < -0.4 is 10.6 Å². The standard InChI is InChI=1S/C20H19BrClN3O3.ClH/c1-13-10-14(2-5-17(13)21)20-7-4-16(28-20)12-23-8-9-24-19-6-3-15(25(26)27)11-18(19)22;/h2-7,10-11,23-24H,8-9,12H2,1H3;1H. The van der Waals surface area contributed by atoms with Crippen LogP contribution in [0.2, 0.25) is 5.02 Å². The molecule has 0 unspecified atom stereocenters. The van der Waals surface area contributed by atoms with Gasteiger partial charge in [0.15, 0.2) is 0 Å². The average molecular weight is 501 g/mol. The molecule has 0 bridgehead atoms. The minimum absolute atomic E-state index is 0. The van der Waals surface area contributed by atoms with Crippen molar-refractivity contribution in [3.05, 3.63) is 79.5 Å². The molecule has 6 nitrogen and oxygen atoms in total. The minimum Gasteiger partial charge on any atom is -0.460 e. The third-order valence-electron chi connectivity index (χ3n) is 4.18. The number of nitrogens with one attached hydrogen (secondary N) is 2. The van der Waals surface area contributed by atoms with E-state index in [9.17, 15) is 10.1 Å². The summed E-state index contributed by atoms with van der Waals surface area (Å²) < 4.78 is 6.98. The fourth-order valence-corrected chi connectivity index (χ4v) is 3.17. The molecule has 0 atom stereocenters. The molecule has 0 fully saturated rings. The second kappa shape index (κ2) is 10.6. The number of nitro groups is 1. The molecular formula is C20H20BrCl2N3O3. The van der Waals surface area contributed by atoms with Gasteiger partial charge in [0.25, 0.3) is 5.69 Å². The highest BCUT2D eigenvalue weighted by molar-refractivity contribution is 9.10. The molecule has 2 N–H and O–H groups in total. The van der Waals surface area contributed by atoms with Gasteiger partial charge < -0.3 is 15.1 Å². The lowest BCUT2D eigenvalue weighted by molar-refractivity contribution is -0.384. The summed E-state index contributed by atoms with van der Waals surface area (Å²) in [5.41, 5.74) is 2.84. The molecule has 3 aromatic rings. The van der Waals surface area contributed by atoms with Gasteiger partial charge in [-0.15, -0.1) is 12.4 Å². The summed E-state index contributed by atoms with van der Waals surface area (Å²) in [5, 5.41) is 17.5. The van der Waals surface area contributed by atoms with E-state index >= 15 is 0 Å². The topological polar surface area (TPSA) is 80.3 Å². The Balaban J connectivity index is 0.00000300. The van der Waals surface area contributed by atoms with Gasteiger partial charge in [-0.2, -0.15) is 0 Å². The molecule has 0 radical (unpaired) electrons. The molecule has 154 valence electrons. The number of rotatable bonds is 8. The summed E-state index contributed by atoms with van der Waals surface area (Å²) in [6.45, 7) is 3.95. The van der Waals surface area contributed by atoms with Crippen molar-refractivity contribution in [2.45, 2.75) is 13.5 Å². The first kappa shape index (κ1) is 23.2. The highest BCUT2D eigenvalue weighted by Crippen LogP contribution is 2.27. The molecule has 9 heteroatoms. The molecule has 29 heavy (non-hydrogen) atoms. The number of non-ortho nitro benzene ring substituents is 1. The van der Waals surface area contributed by atoms with Crippen molar-refractivity contribution < 1.29 is 9.34 Å². The molecule has 0 spiro atoms. The van der Waals surface area contributed by atoms with Gasteiger partial charge in [0, 0.05) is 35.3 Å². The first-order valence-corrected chi connectivity index (χ1v) is 9.85. The van der Waals surface area contributed by atoms with Crippen LogP contribution in [0.1, 0.15) is 11.3 Å². The maximum atomic E-state index is 10.7. The normalized spacial score (nSPS) is 10.4. The second-order valence-electron chi connectivity index (χ2n) is 6.25. The molecule has 0 aliphatic carbocycles. The van der Waals surface area contributed by atoms with Crippen LogP contribution in [0.25, 0.3) is 11.3 Å². The Morgan fingerprint density at radius 3 is 2.62 bits per heavy atom. The molecule has 2 aromatic carbocycles. The number of hydrogen-bond donors (Lipinski definition) is 2. The highest BCUT2D eigenvalue weighted by atomic mass is 79.9. The molecular weight excluding hydrogens is 481 g/mol. The van der Waals surface area contributed by atoms with Crippen molar-refractivity contribution >= 4 is 51.3 Å². The van der Waals surface area contributed by atoms with Gasteiger partial charge in [0.2, 0.25) is 0 Å². The summed E-state index contributed by atoms with van der Waals surface area (Å²) >= 11 is 9.56. The summed E-state index contributed by atoms with van der Waals surface area (Å²) in [4.78, 5) is 10.3. The van der Waals surface area contributed by atoms with Gasteiger partial charge in [-0.3, -0.25) is 10.1 Å². The van der Waals surface area contributed by atoms with Gasteiger partial charge >= 0.3 is 0 Å². The van der Waals surface area contributed by atoms with E-state index in [0.29, 0.717) is 30.3 Å². The first-order chi connectivity index (χ1) is 13.4. The first-order valence-electron chi connectivity index (χ1n) is 8.68. The predicted molar refractivity (Wildman–Crippen MR) is 122 cm³/mol.